The molecule has 2 aromatic rings. The lowest BCUT2D eigenvalue weighted by Crippen LogP contribution is -1.78. The van der Waals surface area contributed by atoms with Crippen molar-refractivity contribution in [3.05, 3.63) is 28.0 Å². The van der Waals surface area contributed by atoms with E-state index in [4.69, 9.17) is 11.6 Å². The maximum atomic E-state index is 13.1. The standard InChI is InChI=1S/C8H5ClFNS/c1-4-2-3-5-6(10)7(9)12-8(5)11-4/h2-3H,1H3. The molecule has 0 amide bonds. The molecule has 0 atom stereocenters. The van der Waals surface area contributed by atoms with Crippen LogP contribution in [0.3, 0.4) is 0 Å². The fourth-order valence-electron chi connectivity index (χ4n) is 1.01. The first-order valence-electron chi connectivity index (χ1n) is 3.39. The smallest absolute Gasteiger partial charge is 0.162 e. The second kappa shape index (κ2) is 2.68. The molecule has 62 valence electrons. The van der Waals surface area contributed by atoms with E-state index in [-0.39, 0.29) is 10.2 Å². The van der Waals surface area contributed by atoms with Gasteiger partial charge in [-0.3, -0.25) is 0 Å². The number of hydrogen-bond acceptors (Lipinski definition) is 2. The van der Waals surface area contributed by atoms with Crippen LogP contribution in [0, 0.1) is 12.7 Å². The summed E-state index contributed by atoms with van der Waals surface area (Å²) < 4.78 is 13.3. The Labute approximate surface area is 77.8 Å². The van der Waals surface area contributed by atoms with Crippen molar-refractivity contribution < 1.29 is 4.39 Å². The molecule has 0 N–H and O–H groups in total. The molecular formula is C8H5ClFNS. The molecule has 2 rings (SSSR count). The molecule has 0 unspecified atom stereocenters. The first-order valence-corrected chi connectivity index (χ1v) is 4.59. The highest BCUT2D eigenvalue weighted by molar-refractivity contribution is 7.22. The van der Waals surface area contributed by atoms with Gasteiger partial charge in [-0.05, 0) is 19.1 Å². The SMILES string of the molecule is Cc1ccc2c(F)c(Cl)sc2n1. The van der Waals surface area contributed by atoms with Gasteiger partial charge in [0.05, 0.1) is 0 Å². The number of nitrogens with zero attached hydrogens (tertiary/aromatic N) is 1. The summed E-state index contributed by atoms with van der Waals surface area (Å²) in [5.41, 5.74) is 0.875. The molecule has 0 aliphatic carbocycles. The van der Waals surface area contributed by atoms with E-state index in [0.717, 1.165) is 5.69 Å². The zero-order valence-electron chi connectivity index (χ0n) is 6.27. The predicted molar refractivity (Wildman–Crippen MR) is 49.3 cm³/mol. The molecule has 0 aliphatic rings. The molecule has 0 bridgehead atoms. The second-order valence-electron chi connectivity index (χ2n) is 2.50. The lowest BCUT2D eigenvalue weighted by atomic mass is 10.3. The van der Waals surface area contributed by atoms with Crippen molar-refractivity contribution in [1.82, 2.24) is 4.98 Å². The molecule has 4 heteroatoms. The Kier molecular flexibility index (Phi) is 1.77. The quantitative estimate of drug-likeness (QED) is 0.637. The average Bonchev–Trinajstić information content (AvgIpc) is 2.28. The van der Waals surface area contributed by atoms with Crippen LogP contribution in [-0.4, -0.2) is 4.98 Å². The molecule has 0 aliphatic heterocycles. The van der Waals surface area contributed by atoms with Crippen molar-refractivity contribution in [2.24, 2.45) is 0 Å². The maximum Gasteiger partial charge on any atom is 0.162 e. The highest BCUT2D eigenvalue weighted by atomic mass is 35.5. The van der Waals surface area contributed by atoms with Crippen LogP contribution in [-0.2, 0) is 0 Å². The topological polar surface area (TPSA) is 12.9 Å². The third-order valence-corrected chi connectivity index (χ3v) is 2.86. The molecule has 12 heavy (non-hydrogen) atoms. The van der Waals surface area contributed by atoms with Gasteiger partial charge >= 0.3 is 0 Å². The molecule has 1 nitrogen and oxygen atoms in total. The van der Waals surface area contributed by atoms with Gasteiger partial charge in [0.1, 0.15) is 9.17 Å². The van der Waals surface area contributed by atoms with Crippen molar-refractivity contribution in [2.75, 3.05) is 0 Å². The van der Waals surface area contributed by atoms with E-state index >= 15 is 0 Å². The van der Waals surface area contributed by atoms with Crippen molar-refractivity contribution in [1.29, 1.82) is 0 Å². The van der Waals surface area contributed by atoms with Crippen LogP contribution in [0.5, 0.6) is 0 Å². The highest BCUT2D eigenvalue weighted by Crippen LogP contribution is 2.32. The molecule has 0 spiro atoms. The number of fused-ring (bicyclic) bond motifs is 1. The van der Waals surface area contributed by atoms with Crippen LogP contribution in [0.4, 0.5) is 4.39 Å². The zero-order valence-corrected chi connectivity index (χ0v) is 7.84. The lowest BCUT2D eigenvalue weighted by Gasteiger charge is -1.90. The van der Waals surface area contributed by atoms with Crippen LogP contribution in [0.25, 0.3) is 10.2 Å². The minimum atomic E-state index is -0.357. The van der Waals surface area contributed by atoms with Gasteiger partial charge in [-0.1, -0.05) is 11.6 Å². The van der Waals surface area contributed by atoms with E-state index in [9.17, 15) is 4.39 Å². The van der Waals surface area contributed by atoms with Gasteiger partial charge in [0.15, 0.2) is 5.82 Å². The number of rotatable bonds is 0. The molecule has 0 saturated carbocycles. The van der Waals surface area contributed by atoms with E-state index in [1.54, 1.807) is 12.1 Å². The fraction of sp³-hybridized carbons (Fsp3) is 0.125. The monoisotopic (exact) mass is 201 g/mol. The normalized spacial score (nSPS) is 10.9. The minimum absolute atomic E-state index is 0.183. The summed E-state index contributed by atoms with van der Waals surface area (Å²) in [6, 6.07) is 3.48. The summed E-state index contributed by atoms with van der Waals surface area (Å²) in [5.74, 6) is -0.357. The summed E-state index contributed by atoms with van der Waals surface area (Å²) in [6.45, 7) is 1.87. The summed E-state index contributed by atoms with van der Waals surface area (Å²) in [6.07, 6.45) is 0. The van der Waals surface area contributed by atoms with Crippen molar-refractivity contribution in [3.8, 4) is 0 Å². The summed E-state index contributed by atoms with van der Waals surface area (Å²) in [5, 5.41) is 0.510. The highest BCUT2D eigenvalue weighted by Gasteiger charge is 2.10. The van der Waals surface area contributed by atoms with Gasteiger partial charge < -0.3 is 0 Å². The second-order valence-corrected chi connectivity index (χ2v) is 4.10. The Morgan fingerprint density at radius 3 is 3.00 bits per heavy atom. The third-order valence-electron chi connectivity index (χ3n) is 1.59. The van der Waals surface area contributed by atoms with Gasteiger partial charge in [-0.2, -0.15) is 0 Å². The van der Waals surface area contributed by atoms with E-state index in [1.807, 2.05) is 6.92 Å². The average molecular weight is 202 g/mol. The first kappa shape index (κ1) is 7.95. The lowest BCUT2D eigenvalue weighted by molar-refractivity contribution is 0.644. The van der Waals surface area contributed by atoms with Crippen LogP contribution in [0.2, 0.25) is 4.34 Å². The molecule has 2 heterocycles. The summed E-state index contributed by atoms with van der Waals surface area (Å²) >= 11 is 6.78. The van der Waals surface area contributed by atoms with Gasteiger partial charge in [0, 0.05) is 11.1 Å². The van der Waals surface area contributed by atoms with Crippen molar-refractivity contribution >= 4 is 33.2 Å². The van der Waals surface area contributed by atoms with Gasteiger partial charge in [0.2, 0.25) is 0 Å². The number of halogens is 2. The van der Waals surface area contributed by atoms with Crippen LogP contribution in [0.1, 0.15) is 5.69 Å². The molecule has 2 aromatic heterocycles. The van der Waals surface area contributed by atoms with Crippen LogP contribution >= 0.6 is 22.9 Å². The van der Waals surface area contributed by atoms with Crippen molar-refractivity contribution in [2.45, 2.75) is 6.92 Å². The van der Waals surface area contributed by atoms with E-state index in [2.05, 4.69) is 4.98 Å². The van der Waals surface area contributed by atoms with Crippen molar-refractivity contribution in [3.63, 3.8) is 0 Å². The molecular weight excluding hydrogens is 197 g/mol. The van der Waals surface area contributed by atoms with Gasteiger partial charge in [-0.25, -0.2) is 9.37 Å². The summed E-state index contributed by atoms with van der Waals surface area (Å²) in [4.78, 5) is 4.82. The number of aromatic nitrogens is 1. The van der Waals surface area contributed by atoms with E-state index in [0.29, 0.717) is 10.2 Å². The maximum absolute atomic E-state index is 13.1. The van der Waals surface area contributed by atoms with Gasteiger partial charge in [0.25, 0.3) is 0 Å². The van der Waals surface area contributed by atoms with E-state index < -0.39 is 0 Å². The molecule has 0 saturated heterocycles. The Balaban J connectivity index is 2.87. The largest absolute Gasteiger partial charge is 0.242 e. The number of thiophene rings is 1. The van der Waals surface area contributed by atoms with Gasteiger partial charge in [-0.15, -0.1) is 11.3 Å². The van der Waals surface area contributed by atoms with Crippen LogP contribution < -0.4 is 0 Å². The number of aryl methyl sites for hydroxylation is 1. The third kappa shape index (κ3) is 1.09. The zero-order chi connectivity index (χ0) is 8.72. The Morgan fingerprint density at radius 1 is 1.50 bits per heavy atom. The predicted octanol–water partition coefficient (Wildman–Crippen LogP) is 3.40. The van der Waals surface area contributed by atoms with E-state index in [1.165, 1.54) is 11.3 Å². The molecule has 0 fully saturated rings. The molecule has 0 aromatic carbocycles. The van der Waals surface area contributed by atoms with Crippen LogP contribution in [0.15, 0.2) is 12.1 Å². The Hall–Kier alpha value is -0.670. The fourth-order valence-corrected chi connectivity index (χ4v) is 2.16. The first-order chi connectivity index (χ1) is 5.68. The molecule has 0 radical (unpaired) electrons. The number of hydrogen-bond donors (Lipinski definition) is 0. The Bertz CT molecular complexity index is 438. The minimum Gasteiger partial charge on any atom is -0.242 e. The summed E-state index contributed by atoms with van der Waals surface area (Å²) in [7, 11) is 0. The number of pyridine rings is 1. The Morgan fingerprint density at radius 2 is 2.25 bits per heavy atom.